The Morgan fingerprint density at radius 2 is 2.00 bits per heavy atom. The molecule has 2 aliphatic rings. The molecule has 0 radical (unpaired) electrons. The van der Waals surface area contributed by atoms with Crippen molar-refractivity contribution in [3.8, 4) is 0 Å². The molecule has 11 heavy (non-hydrogen) atoms. The summed E-state index contributed by atoms with van der Waals surface area (Å²) in [6.07, 6.45) is 3.12. The van der Waals surface area contributed by atoms with Gasteiger partial charge in [-0.2, -0.15) is 0 Å². The Kier molecular flexibility index (Phi) is 1.13. The van der Waals surface area contributed by atoms with Crippen LogP contribution in [0.3, 0.4) is 0 Å². The topological polar surface area (TPSA) is 17.1 Å². The fraction of sp³-hybridized carbons (Fsp3) is 0.900. The van der Waals surface area contributed by atoms with E-state index in [1.807, 2.05) is 0 Å². The monoisotopic (exact) mass is 152 g/mol. The predicted octanol–water partition coefficient (Wildman–Crippen LogP) is 2.40. The summed E-state index contributed by atoms with van der Waals surface area (Å²) in [5.74, 6) is 1.20. The first-order chi connectivity index (χ1) is 4.94. The standard InChI is InChI=1S/C10H16O/c1-9(2)6-10(3)5-7(9)4-8(10)11/h7H,4-6H2,1-3H3/t7-,10-/m1/s1. The number of carbonyl (C=O) groups is 1. The van der Waals surface area contributed by atoms with Crippen molar-refractivity contribution in [2.75, 3.05) is 0 Å². The van der Waals surface area contributed by atoms with Gasteiger partial charge in [-0.05, 0) is 24.2 Å². The predicted molar refractivity (Wildman–Crippen MR) is 44.2 cm³/mol. The average molecular weight is 152 g/mol. The number of Topliss-reactive ketones (excluding diaryl/α,β-unsaturated/α-hetero) is 1. The summed E-state index contributed by atoms with van der Waals surface area (Å²) in [7, 11) is 0. The molecule has 0 aliphatic heterocycles. The van der Waals surface area contributed by atoms with Gasteiger partial charge in [-0.1, -0.05) is 20.8 Å². The Morgan fingerprint density at radius 1 is 1.36 bits per heavy atom. The van der Waals surface area contributed by atoms with Crippen LogP contribution >= 0.6 is 0 Å². The van der Waals surface area contributed by atoms with E-state index in [0.29, 0.717) is 17.1 Å². The number of ketones is 1. The first-order valence-electron chi connectivity index (χ1n) is 4.47. The van der Waals surface area contributed by atoms with E-state index in [4.69, 9.17) is 0 Å². The Labute approximate surface area is 68.2 Å². The van der Waals surface area contributed by atoms with Gasteiger partial charge in [0.25, 0.3) is 0 Å². The van der Waals surface area contributed by atoms with E-state index >= 15 is 0 Å². The van der Waals surface area contributed by atoms with Crippen LogP contribution in [0.15, 0.2) is 0 Å². The van der Waals surface area contributed by atoms with Crippen LogP contribution in [-0.2, 0) is 4.79 Å². The zero-order chi connectivity index (χ0) is 8.28. The fourth-order valence-electron chi connectivity index (χ4n) is 3.07. The summed E-state index contributed by atoms with van der Waals surface area (Å²) in [6, 6.07) is 0. The maximum Gasteiger partial charge on any atom is 0.139 e. The first kappa shape index (κ1) is 7.33. The molecule has 2 atom stereocenters. The molecule has 2 aliphatic carbocycles. The summed E-state index contributed by atoms with van der Waals surface area (Å²) in [5, 5.41) is 0. The van der Waals surface area contributed by atoms with Gasteiger partial charge in [0.2, 0.25) is 0 Å². The van der Waals surface area contributed by atoms with E-state index < -0.39 is 0 Å². The van der Waals surface area contributed by atoms with Gasteiger partial charge in [-0.25, -0.2) is 0 Å². The average Bonchev–Trinajstić information content (AvgIpc) is 2.16. The van der Waals surface area contributed by atoms with Crippen LogP contribution in [-0.4, -0.2) is 5.78 Å². The number of fused-ring (bicyclic) bond motifs is 2. The van der Waals surface area contributed by atoms with Crippen LogP contribution in [0.25, 0.3) is 0 Å². The Bertz CT molecular complexity index is 217. The Morgan fingerprint density at radius 3 is 2.27 bits per heavy atom. The SMILES string of the molecule is CC1(C)C[C@@]2(C)C[C@H]1CC2=O. The van der Waals surface area contributed by atoms with Crippen molar-refractivity contribution in [3.63, 3.8) is 0 Å². The molecule has 1 nitrogen and oxygen atoms in total. The van der Waals surface area contributed by atoms with Crippen molar-refractivity contribution in [3.05, 3.63) is 0 Å². The highest BCUT2D eigenvalue weighted by molar-refractivity contribution is 5.88. The van der Waals surface area contributed by atoms with Crippen LogP contribution < -0.4 is 0 Å². The van der Waals surface area contributed by atoms with Gasteiger partial charge in [0.1, 0.15) is 5.78 Å². The molecule has 0 unspecified atom stereocenters. The summed E-state index contributed by atoms with van der Waals surface area (Å²) in [4.78, 5) is 11.4. The second-order valence-corrected chi connectivity index (χ2v) is 5.25. The molecule has 2 rings (SSSR count). The van der Waals surface area contributed by atoms with E-state index in [9.17, 15) is 4.79 Å². The molecule has 2 saturated carbocycles. The fourth-order valence-corrected chi connectivity index (χ4v) is 3.07. The van der Waals surface area contributed by atoms with Gasteiger partial charge in [-0.15, -0.1) is 0 Å². The van der Waals surface area contributed by atoms with E-state index in [0.717, 1.165) is 19.3 Å². The highest BCUT2D eigenvalue weighted by atomic mass is 16.1. The number of hydrogen-bond acceptors (Lipinski definition) is 1. The Balaban J connectivity index is 2.34. The second kappa shape index (κ2) is 1.70. The molecule has 62 valence electrons. The van der Waals surface area contributed by atoms with Crippen molar-refractivity contribution >= 4 is 5.78 Å². The van der Waals surface area contributed by atoms with E-state index in [-0.39, 0.29) is 5.41 Å². The summed E-state index contributed by atoms with van der Waals surface area (Å²) in [6.45, 7) is 6.74. The third kappa shape index (κ3) is 0.800. The maximum absolute atomic E-state index is 11.4. The third-order valence-corrected chi connectivity index (χ3v) is 3.75. The third-order valence-electron chi connectivity index (χ3n) is 3.75. The molecule has 0 aromatic heterocycles. The lowest BCUT2D eigenvalue weighted by Crippen LogP contribution is -2.29. The van der Waals surface area contributed by atoms with Crippen molar-refractivity contribution in [2.45, 2.75) is 40.0 Å². The van der Waals surface area contributed by atoms with Gasteiger partial charge in [0.05, 0.1) is 0 Å². The molecule has 2 fully saturated rings. The molecule has 0 spiro atoms. The van der Waals surface area contributed by atoms with E-state index in [1.165, 1.54) is 0 Å². The van der Waals surface area contributed by atoms with Gasteiger partial charge < -0.3 is 0 Å². The highest BCUT2D eigenvalue weighted by Gasteiger charge is 2.56. The molecule has 0 N–H and O–H groups in total. The summed E-state index contributed by atoms with van der Waals surface area (Å²) >= 11 is 0. The molecule has 0 heterocycles. The van der Waals surface area contributed by atoms with Crippen molar-refractivity contribution in [1.29, 1.82) is 0 Å². The van der Waals surface area contributed by atoms with Crippen molar-refractivity contribution in [2.24, 2.45) is 16.7 Å². The van der Waals surface area contributed by atoms with Crippen LogP contribution in [0.2, 0.25) is 0 Å². The molecule has 2 bridgehead atoms. The molecule has 0 aromatic carbocycles. The van der Waals surface area contributed by atoms with Crippen molar-refractivity contribution in [1.82, 2.24) is 0 Å². The number of carbonyl (C=O) groups excluding carboxylic acids is 1. The minimum atomic E-state index is 0.0637. The van der Waals surface area contributed by atoms with Crippen LogP contribution in [0.5, 0.6) is 0 Å². The van der Waals surface area contributed by atoms with Gasteiger partial charge >= 0.3 is 0 Å². The van der Waals surface area contributed by atoms with Gasteiger partial charge in [0.15, 0.2) is 0 Å². The summed E-state index contributed by atoms with van der Waals surface area (Å²) in [5.41, 5.74) is 0.497. The minimum absolute atomic E-state index is 0.0637. The zero-order valence-electron chi connectivity index (χ0n) is 7.61. The van der Waals surface area contributed by atoms with Crippen molar-refractivity contribution < 1.29 is 4.79 Å². The minimum Gasteiger partial charge on any atom is -0.299 e. The lowest BCUT2D eigenvalue weighted by Gasteiger charge is -2.31. The molecular weight excluding hydrogens is 136 g/mol. The van der Waals surface area contributed by atoms with Crippen LogP contribution in [0, 0.1) is 16.7 Å². The summed E-state index contributed by atoms with van der Waals surface area (Å²) < 4.78 is 0. The molecule has 0 aromatic rings. The van der Waals surface area contributed by atoms with E-state index in [1.54, 1.807) is 0 Å². The maximum atomic E-state index is 11.4. The lowest BCUT2D eigenvalue weighted by atomic mass is 9.72. The number of rotatable bonds is 0. The molecular formula is C10H16O. The highest BCUT2D eigenvalue weighted by Crippen LogP contribution is 2.60. The normalized spacial score (nSPS) is 46.8. The van der Waals surface area contributed by atoms with E-state index in [2.05, 4.69) is 20.8 Å². The zero-order valence-corrected chi connectivity index (χ0v) is 7.61. The Hall–Kier alpha value is -0.330. The second-order valence-electron chi connectivity index (χ2n) is 5.25. The molecule has 1 heteroatoms. The largest absolute Gasteiger partial charge is 0.299 e. The number of hydrogen-bond donors (Lipinski definition) is 0. The van der Waals surface area contributed by atoms with Crippen LogP contribution in [0.1, 0.15) is 40.0 Å². The quantitative estimate of drug-likeness (QED) is 0.521. The van der Waals surface area contributed by atoms with Gasteiger partial charge in [-0.3, -0.25) is 4.79 Å². The van der Waals surface area contributed by atoms with Gasteiger partial charge in [0, 0.05) is 11.8 Å². The smallest absolute Gasteiger partial charge is 0.139 e. The van der Waals surface area contributed by atoms with Crippen LogP contribution in [0.4, 0.5) is 0 Å². The molecule has 0 saturated heterocycles. The first-order valence-corrected chi connectivity index (χ1v) is 4.47. The lowest BCUT2D eigenvalue weighted by molar-refractivity contribution is -0.128. The molecule has 0 amide bonds.